The lowest BCUT2D eigenvalue weighted by Gasteiger charge is -2.26. The molecule has 0 aliphatic carbocycles. The Bertz CT molecular complexity index is 318. The standard InChI is InChI=1S/C10H14N2OS2/c1-7-9(15-3-2-14-7)10-11-4-8(6-13)5-12-10/h4-5,7,9,13H,2-3,6H2,1H3. The molecule has 0 radical (unpaired) electrons. The second kappa shape index (κ2) is 5.18. The fraction of sp³-hybridized carbons (Fsp3) is 0.600. The maximum absolute atomic E-state index is 8.90. The number of aromatic nitrogens is 2. The third-order valence-electron chi connectivity index (χ3n) is 2.35. The van der Waals surface area contributed by atoms with Crippen LogP contribution in [0.4, 0.5) is 0 Å². The third kappa shape index (κ3) is 2.65. The van der Waals surface area contributed by atoms with Crippen LogP contribution in [0.25, 0.3) is 0 Å². The zero-order chi connectivity index (χ0) is 10.7. The second-order valence-electron chi connectivity index (χ2n) is 3.47. The Balaban J connectivity index is 2.13. The molecule has 1 aromatic heterocycles. The van der Waals surface area contributed by atoms with Crippen LogP contribution < -0.4 is 0 Å². The van der Waals surface area contributed by atoms with Gasteiger partial charge in [-0.3, -0.25) is 0 Å². The molecule has 2 atom stereocenters. The van der Waals surface area contributed by atoms with Crippen LogP contribution in [0.5, 0.6) is 0 Å². The van der Waals surface area contributed by atoms with Crippen LogP contribution in [-0.4, -0.2) is 31.8 Å². The first-order chi connectivity index (χ1) is 7.31. The summed E-state index contributed by atoms with van der Waals surface area (Å²) >= 11 is 3.91. The molecule has 1 fully saturated rings. The number of hydrogen-bond acceptors (Lipinski definition) is 5. The van der Waals surface area contributed by atoms with Crippen molar-refractivity contribution in [3.63, 3.8) is 0 Å². The lowest BCUT2D eigenvalue weighted by atomic mass is 10.3. The van der Waals surface area contributed by atoms with Gasteiger partial charge in [-0.1, -0.05) is 6.92 Å². The predicted molar refractivity (Wildman–Crippen MR) is 65.1 cm³/mol. The van der Waals surface area contributed by atoms with Gasteiger partial charge in [0.15, 0.2) is 0 Å². The first kappa shape index (κ1) is 11.2. The SMILES string of the molecule is CC1SCCSC1c1ncc(CO)cn1. The van der Waals surface area contributed by atoms with Crippen molar-refractivity contribution in [2.45, 2.75) is 24.0 Å². The van der Waals surface area contributed by atoms with Crippen molar-refractivity contribution in [3.8, 4) is 0 Å². The highest BCUT2D eigenvalue weighted by Gasteiger charge is 2.26. The summed E-state index contributed by atoms with van der Waals surface area (Å²) < 4.78 is 0. The topological polar surface area (TPSA) is 46.0 Å². The average Bonchev–Trinajstić information content (AvgIpc) is 2.30. The summed E-state index contributed by atoms with van der Waals surface area (Å²) in [5.41, 5.74) is 0.778. The molecule has 0 spiro atoms. The van der Waals surface area contributed by atoms with Crippen molar-refractivity contribution >= 4 is 23.5 Å². The zero-order valence-electron chi connectivity index (χ0n) is 8.59. The van der Waals surface area contributed by atoms with Gasteiger partial charge >= 0.3 is 0 Å². The average molecular weight is 242 g/mol. The van der Waals surface area contributed by atoms with E-state index in [-0.39, 0.29) is 6.61 Å². The minimum atomic E-state index is 0.0163. The van der Waals surface area contributed by atoms with Crippen LogP contribution in [0.3, 0.4) is 0 Å². The van der Waals surface area contributed by atoms with E-state index in [0.717, 1.165) is 11.4 Å². The van der Waals surface area contributed by atoms with Gasteiger partial charge in [-0.2, -0.15) is 11.8 Å². The molecule has 2 rings (SSSR count). The van der Waals surface area contributed by atoms with Crippen molar-refractivity contribution in [2.24, 2.45) is 0 Å². The summed E-state index contributed by atoms with van der Waals surface area (Å²) in [5, 5.41) is 9.87. The molecule has 0 saturated carbocycles. The van der Waals surface area contributed by atoms with Crippen LogP contribution >= 0.6 is 23.5 Å². The molecule has 0 bridgehead atoms. The molecule has 1 saturated heterocycles. The summed E-state index contributed by atoms with van der Waals surface area (Å²) in [6, 6.07) is 0. The molecule has 0 amide bonds. The summed E-state index contributed by atoms with van der Waals surface area (Å²) in [5.74, 6) is 3.29. The monoisotopic (exact) mass is 242 g/mol. The number of aliphatic hydroxyl groups is 1. The highest BCUT2D eigenvalue weighted by molar-refractivity contribution is 8.06. The molecule has 1 aliphatic heterocycles. The number of rotatable bonds is 2. The molecule has 3 nitrogen and oxygen atoms in total. The molecule has 0 aromatic carbocycles. The summed E-state index contributed by atoms with van der Waals surface area (Å²) in [4.78, 5) is 8.64. The largest absolute Gasteiger partial charge is 0.392 e. The Morgan fingerprint density at radius 3 is 2.60 bits per heavy atom. The van der Waals surface area contributed by atoms with E-state index >= 15 is 0 Å². The summed E-state index contributed by atoms with van der Waals surface area (Å²) in [7, 11) is 0. The van der Waals surface area contributed by atoms with Crippen LogP contribution in [0.1, 0.15) is 23.6 Å². The van der Waals surface area contributed by atoms with Gasteiger partial charge in [0.2, 0.25) is 0 Å². The van der Waals surface area contributed by atoms with Crippen LogP contribution in [0.2, 0.25) is 0 Å². The maximum atomic E-state index is 8.90. The Morgan fingerprint density at radius 2 is 2.00 bits per heavy atom. The Hall–Kier alpha value is -0.260. The number of aliphatic hydroxyl groups excluding tert-OH is 1. The van der Waals surface area contributed by atoms with Crippen molar-refractivity contribution in [3.05, 3.63) is 23.8 Å². The fourth-order valence-corrected chi connectivity index (χ4v) is 4.22. The normalized spacial score (nSPS) is 26.5. The quantitative estimate of drug-likeness (QED) is 0.858. The van der Waals surface area contributed by atoms with Gasteiger partial charge in [-0.15, -0.1) is 11.8 Å². The molecule has 2 heterocycles. The van der Waals surface area contributed by atoms with E-state index in [9.17, 15) is 0 Å². The van der Waals surface area contributed by atoms with E-state index in [1.54, 1.807) is 12.4 Å². The molecular weight excluding hydrogens is 228 g/mol. The molecule has 1 aromatic rings. The van der Waals surface area contributed by atoms with E-state index in [0.29, 0.717) is 10.5 Å². The minimum Gasteiger partial charge on any atom is -0.392 e. The van der Waals surface area contributed by atoms with Gasteiger partial charge in [-0.05, 0) is 0 Å². The van der Waals surface area contributed by atoms with Gasteiger partial charge in [0.1, 0.15) is 5.82 Å². The van der Waals surface area contributed by atoms with Gasteiger partial charge in [0.25, 0.3) is 0 Å². The first-order valence-corrected chi connectivity index (χ1v) is 7.06. The van der Waals surface area contributed by atoms with Crippen molar-refractivity contribution in [2.75, 3.05) is 11.5 Å². The zero-order valence-corrected chi connectivity index (χ0v) is 10.2. The lowest BCUT2D eigenvalue weighted by Crippen LogP contribution is -2.18. The van der Waals surface area contributed by atoms with Crippen molar-refractivity contribution in [1.82, 2.24) is 9.97 Å². The van der Waals surface area contributed by atoms with Gasteiger partial charge in [0.05, 0.1) is 11.9 Å². The van der Waals surface area contributed by atoms with Crippen LogP contribution in [0.15, 0.2) is 12.4 Å². The van der Waals surface area contributed by atoms with E-state index in [1.807, 2.05) is 23.5 Å². The number of nitrogens with zero attached hydrogens (tertiary/aromatic N) is 2. The van der Waals surface area contributed by atoms with Gasteiger partial charge in [0, 0.05) is 34.7 Å². The van der Waals surface area contributed by atoms with E-state index in [4.69, 9.17) is 5.11 Å². The molecule has 5 heteroatoms. The van der Waals surface area contributed by atoms with Gasteiger partial charge < -0.3 is 5.11 Å². The maximum Gasteiger partial charge on any atom is 0.142 e. The molecule has 15 heavy (non-hydrogen) atoms. The van der Waals surface area contributed by atoms with E-state index < -0.39 is 0 Å². The van der Waals surface area contributed by atoms with Gasteiger partial charge in [-0.25, -0.2) is 9.97 Å². The van der Waals surface area contributed by atoms with E-state index in [2.05, 4.69) is 16.9 Å². The van der Waals surface area contributed by atoms with E-state index in [1.165, 1.54) is 11.5 Å². The summed E-state index contributed by atoms with van der Waals surface area (Å²) in [6.07, 6.45) is 3.43. The number of hydrogen-bond donors (Lipinski definition) is 1. The number of thioether (sulfide) groups is 2. The minimum absolute atomic E-state index is 0.0163. The Labute approximate surface area is 98.1 Å². The Kier molecular flexibility index (Phi) is 3.88. The molecule has 1 N–H and O–H groups in total. The molecular formula is C10H14N2OS2. The third-order valence-corrected chi connectivity index (χ3v) is 5.44. The van der Waals surface area contributed by atoms with Crippen LogP contribution in [0, 0.1) is 0 Å². The predicted octanol–water partition coefficient (Wildman–Crippen LogP) is 1.88. The molecule has 1 aliphatic rings. The van der Waals surface area contributed by atoms with Crippen molar-refractivity contribution in [1.29, 1.82) is 0 Å². The van der Waals surface area contributed by atoms with Crippen molar-refractivity contribution < 1.29 is 5.11 Å². The summed E-state index contributed by atoms with van der Waals surface area (Å²) in [6.45, 7) is 2.24. The molecule has 2 unspecified atom stereocenters. The Morgan fingerprint density at radius 1 is 1.33 bits per heavy atom. The lowest BCUT2D eigenvalue weighted by molar-refractivity contribution is 0.280. The molecule has 82 valence electrons. The van der Waals surface area contributed by atoms with Crippen LogP contribution in [-0.2, 0) is 6.61 Å². The highest BCUT2D eigenvalue weighted by Crippen LogP contribution is 2.40. The second-order valence-corrected chi connectivity index (χ2v) is 6.21. The smallest absolute Gasteiger partial charge is 0.142 e. The fourth-order valence-electron chi connectivity index (χ4n) is 1.51. The highest BCUT2D eigenvalue weighted by atomic mass is 32.2. The first-order valence-electron chi connectivity index (χ1n) is 4.96.